The van der Waals surface area contributed by atoms with E-state index >= 15 is 0 Å². The van der Waals surface area contributed by atoms with E-state index in [1.54, 1.807) is 21.3 Å². The van der Waals surface area contributed by atoms with Crippen molar-refractivity contribution in [3.8, 4) is 23.0 Å². The Kier molecular flexibility index (Phi) is 4.50. The molecule has 0 bridgehead atoms. The second kappa shape index (κ2) is 7.09. The molecule has 3 aliphatic rings. The summed E-state index contributed by atoms with van der Waals surface area (Å²) in [7, 11) is 4.93. The van der Waals surface area contributed by atoms with E-state index in [2.05, 4.69) is 0 Å². The van der Waals surface area contributed by atoms with Crippen LogP contribution in [0, 0.1) is 18.8 Å². The summed E-state index contributed by atoms with van der Waals surface area (Å²) >= 11 is 0. The third kappa shape index (κ3) is 2.65. The number of fused-ring (bicyclic) bond motifs is 3. The molecule has 0 saturated carbocycles. The lowest BCUT2D eigenvalue weighted by atomic mass is 9.66. The first-order chi connectivity index (χ1) is 14.6. The van der Waals surface area contributed by atoms with E-state index in [1.165, 1.54) is 0 Å². The Hall–Kier alpha value is -2.93. The van der Waals surface area contributed by atoms with Crippen molar-refractivity contribution in [3.63, 3.8) is 0 Å². The molecule has 0 N–H and O–H groups in total. The maximum absolute atomic E-state index is 12.9. The molecule has 5 rings (SSSR count). The first kappa shape index (κ1) is 19.1. The van der Waals surface area contributed by atoms with Gasteiger partial charge in [-0.15, -0.1) is 0 Å². The van der Waals surface area contributed by atoms with Crippen molar-refractivity contribution in [1.29, 1.82) is 0 Å². The van der Waals surface area contributed by atoms with Gasteiger partial charge in [-0.2, -0.15) is 0 Å². The summed E-state index contributed by atoms with van der Waals surface area (Å²) in [6, 6.07) is 7.90. The Labute approximate surface area is 174 Å². The SMILES string of the molecule is COc1cc([C@@H]2c3cc4c(cc3[C@@H](OC)C3COC(=O)C32)OCO4)cc(OC)c1C. The Morgan fingerprint density at radius 1 is 0.900 bits per heavy atom. The number of methoxy groups -OCH3 is 3. The molecule has 30 heavy (non-hydrogen) atoms. The van der Waals surface area contributed by atoms with E-state index in [0.717, 1.165) is 22.3 Å². The summed E-state index contributed by atoms with van der Waals surface area (Å²) in [6.45, 7) is 2.45. The number of ether oxygens (including phenoxy) is 6. The standard InChI is InChI=1S/C23H24O7/c1-11-16(25-2)5-12(6-17(11)26-3)20-13-7-18-19(30-10-29-18)8-14(13)22(27-4)15-9-28-23(24)21(15)20/h5-8,15,20-22H,9-10H2,1-4H3/t15?,20-,21?,22-/m1/s1. The highest BCUT2D eigenvalue weighted by atomic mass is 16.7. The summed E-state index contributed by atoms with van der Waals surface area (Å²) in [4.78, 5) is 12.9. The van der Waals surface area contributed by atoms with Crippen LogP contribution in [-0.2, 0) is 14.3 Å². The summed E-state index contributed by atoms with van der Waals surface area (Å²) in [5.74, 6) is 1.85. The molecular formula is C23H24O7. The van der Waals surface area contributed by atoms with Gasteiger partial charge in [0.2, 0.25) is 6.79 Å². The van der Waals surface area contributed by atoms with Crippen LogP contribution in [-0.4, -0.2) is 40.7 Å². The van der Waals surface area contributed by atoms with Crippen molar-refractivity contribution in [1.82, 2.24) is 0 Å². The summed E-state index contributed by atoms with van der Waals surface area (Å²) in [5.41, 5.74) is 3.80. The van der Waals surface area contributed by atoms with Crippen molar-refractivity contribution in [2.45, 2.75) is 18.9 Å². The molecule has 0 amide bonds. The lowest BCUT2D eigenvalue weighted by molar-refractivity contribution is -0.141. The molecule has 2 unspecified atom stereocenters. The molecule has 2 aromatic rings. The largest absolute Gasteiger partial charge is 0.496 e. The number of cyclic esters (lactones) is 1. The van der Waals surface area contributed by atoms with Crippen LogP contribution in [0.1, 0.15) is 34.3 Å². The van der Waals surface area contributed by atoms with Gasteiger partial charge in [0.25, 0.3) is 0 Å². The van der Waals surface area contributed by atoms with Gasteiger partial charge in [0.05, 0.1) is 32.8 Å². The highest BCUT2D eigenvalue weighted by Gasteiger charge is 2.52. The minimum atomic E-state index is -0.375. The first-order valence-corrected chi connectivity index (χ1v) is 9.92. The fourth-order valence-electron chi connectivity index (χ4n) is 5.10. The Morgan fingerprint density at radius 3 is 2.13 bits per heavy atom. The molecule has 1 saturated heterocycles. The second-order valence-electron chi connectivity index (χ2n) is 7.84. The molecular weight excluding hydrogens is 388 g/mol. The molecule has 0 aromatic heterocycles. The number of rotatable bonds is 4. The quantitative estimate of drug-likeness (QED) is 0.713. The van der Waals surface area contributed by atoms with Crippen molar-refractivity contribution in [3.05, 3.63) is 46.5 Å². The average Bonchev–Trinajstić information content (AvgIpc) is 3.37. The summed E-state index contributed by atoms with van der Waals surface area (Å²) in [6.07, 6.45) is -0.267. The van der Waals surface area contributed by atoms with E-state index in [0.29, 0.717) is 29.6 Å². The number of hydrogen-bond acceptors (Lipinski definition) is 7. The zero-order valence-corrected chi connectivity index (χ0v) is 17.4. The molecule has 2 heterocycles. The van der Waals surface area contributed by atoms with Crippen molar-refractivity contribution >= 4 is 5.97 Å². The predicted molar refractivity (Wildman–Crippen MR) is 106 cm³/mol. The van der Waals surface area contributed by atoms with Crippen LogP contribution in [0.15, 0.2) is 24.3 Å². The number of hydrogen-bond donors (Lipinski definition) is 0. The third-order valence-corrected chi connectivity index (χ3v) is 6.51. The fraction of sp³-hybridized carbons (Fsp3) is 0.435. The van der Waals surface area contributed by atoms with Crippen molar-refractivity contribution < 1.29 is 33.2 Å². The van der Waals surface area contributed by atoms with E-state index in [9.17, 15) is 4.79 Å². The molecule has 7 heteroatoms. The van der Waals surface area contributed by atoms with E-state index < -0.39 is 0 Å². The minimum Gasteiger partial charge on any atom is -0.496 e. The third-order valence-electron chi connectivity index (χ3n) is 6.51. The zero-order chi connectivity index (χ0) is 21.0. The summed E-state index contributed by atoms with van der Waals surface area (Å²) in [5, 5.41) is 0. The van der Waals surface area contributed by atoms with Gasteiger partial charge in [-0.25, -0.2) is 0 Å². The highest BCUT2D eigenvalue weighted by Crippen LogP contribution is 2.55. The molecule has 1 aliphatic carbocycles. The molecule has 1 fully saturated rings. The van der Waals surface area contributed by atoms with Crippen LogP contribution in [0.4, 0.5) is 0 Å². The van der Waals surface area contributed by atoms with Gasteiger partial charge < -0.3 is 28.4 Å². The van der Waals surface area contributed by atoms with Crippen LogP contribution in [0.3, 0.4) is 0 Å². The molecule has 4 atom stereocenters. The second-order valence-corrected chi connectivity index (χ2v) is 7.84. The Morgan fingerprint density at radius 2 is 1.53 bits per heavy atom. The smallest absolute Gasteiger partial charge is 0.310 e. The van der Waals surface area contributed by atoms with Crippen LogP contribution in [0.25, 0.3) is 0 Å². The van der Waals surface area contributed by atoms with Crippen molar-refractivity contribution in [2.75, 3.05) is 34.7 Å². The maximum atomic E-state index is 12.9. The van der Waals surface area contributed by atoms with Crippen LogP contribution >= 0.6 is 0 Å². The van der Waals surface area contributed by atoms with Gasteiger partial charge in [-0.3, -0.25) is 4.79 Å². The molecule has 2 aromatic carbocycles. The van der Waals surface area contributed by atoms with Gasteiger partial charge in [-0.1, -0.05) is 0 Å². The average molecular weight is 412 g/mol. The Balaban J connectivity index is 1.75. The number of benzene rings is 2. The van der Waals surface area contributed by atoms with Crippen LogP contribution in [0.5, 0.6) is 23.0 Å². The number of carbonyl (C=O) groups excluding carboxylic acids is 1. The molecule has 158 valence electrons. The predicted octanol–water partition coefficient (Wildman–Crippen LogP) is 3.36. The zero-order valence-electron chi connectivity index (χ0n) is 17.4. The highest BCUT2D eigenvalue weighted by molar-refractivity contribution is 5.79. The van der Waals surface area contributed by atoms with Crippen molar-refractivity contribution in [2.24, 2.45) is 11.8 Å². The monoisotopic (exact) mass is 412 g/mol. The summed E-state index contributed by atoms with van der Waals surface area (Å²) < 4.78 is 33.8. The van der Waals surface area contributed by atoms with Crippen LogP contribution in [0.2, 0.25) is 0 Å². The van der Waals surface area contributed by atoms with Gasteiger partial charge in [-0.05, 0) is 47.9 Å². The van der Waals surface area contributed by atoms with Gasteiger partial charge >= 0.3 is 5.97 Å². The minimum absolute atomic E-state index is 0.0985. The van der Waals surface area contributed by atoms with E-state index in [1.807, 2.05) is 31.2 Å². The normalized spacial score (nSPS) is 26.1. The topological polar surface area (TPSA) is 72.5 Å². The lowest BCUT2D eigenvalue weighted by Gasteiger charge is -2.38. The van der Waals surface area contributed by atoms with Gasteiger partial charge in [0.15, 0.2) is 11.5 Å². The number of esters is 1. The molecule has 7 nitrogen and oxygen atoms in total. The Bertz CT molecular complexity index is 990. The molecule has 0 radical (unpaired) electrons. The van der Waals surface area contributed by atoms with E-state index in [-0.39, 0.29) is 36.6 Å². The lowest BCUT2D eigenvalue weighted by Crippen LogP contribution is -2.35. The van der Waals surface area contributed by atoms with Crippen LogP contribution < -0.4 is 18.9 Å². The molecule has 0 spiro atoms. The van der Waals surface area contributed by atoms with Gasteiger partial charge in [0, 0.05) is 24.5 Å². The first-order valence-electron chi connectivity index (χ1n) is 9.92. The fourth-order valence-corrected chi connectivity index (χ4v) is 5.10. The number of carbonyl (C=O) groups is 1. The van der Waals surface area contributed by atoms with Gasteiger partial charge in [0.1, 0.15) is 11.5 Å². The van der Waals surface area contributed by atoms with E-state index in [4.69, 9.17) is 28.4 Å². The maximum Gasteiger partial charge on any atom is 0.310 e. The molecule has 2 aliphatic heterocycles.